The lowest BCUT2D eigenvalue weighted by Gasteiger charge is -2.37. The molecule has 1 aliphatic rings. The molecule has 1 aromatic heterocycles. The van der Waals surface area contributed by atoms with Gasteiger partial charge in [-0.3, -0.25) is 14.3 Å². The molecule has 11 heteroatoms. The highest BCUT2D eigenvalue weighted by atomic mass is 16.6. The Morgan fingerprint density at radius 1 is 0.894 bits per heavy atom. The van der Waals surface area contributed by atoms with Gasteiger partial charge in [0, 0.05) is 18.4 Å². The summed E-state index contributed by atoms with van der Waals surface area (Å²) < 4.78 is 31.7. The van der Waals surface area contributed by atoms with Crippen LogP contribution in [-0.2, 0) is 19.8 Å². The lowest BCUT2D eigenvalue weighted by atomic mass is 9.80. The third kappa shape index (κ3) is 7.34. The van der Waals surface area contributed by atoms with E-state index in [0.29, 0.717) is 30.1 Å². The number of H-pyrrole nitrogens is 1. The second kappa shape index (κ2) is 15.1. The van der Waals surface area contributed by atoms with Crippen LogP contribution < -0.4 is 20.7 Å². The molecule has 0 radical (unpaired) electrons. The summed E-state index contributed by atoms with van der Waals surface area (Å²) >= 11 is 0. The number of rotatable bonds is 14. The van der Waals surface area contributed by atoms with Crippen molar-refractivity contribution in [2.45, 2.75) is 43.5 Å². The van der Waals surface area contributed by atoms with Gasteiger partial charge in [-0.1, -0.05) is 54.6 Å². The van der Waals surface area contributed by atoms with Gasteiger partial charge in [0.15, 0.2) is 6.23 Å². The molecule has 11 nitrogen and oxygen atoms in total. The predicted octanol–water partition coefficient (Wildman–Crippen LogP) is 3.47. The topological polar surface area (TPSA) is 124 Å². The largest absolute Gasteiger partial charge is 0.497 e. The van der Waals surface area contributed by atoms with Crippen molar-refractivity contribution in [1.29, 1.82) is 0 Å². The maximum atomic E-state index is 13.0. The second-order valence-corrected chi connectivity index (χ2v) is 11.8. The fourth-order valence-electron chi connectivity index (χ4n) is 5.92. The first-order valence-corrected chi connectivity index (χ1v) is 15.6. The van der Waals surface area contributed by atoms with Crippen molar-refractivity contribution in [3.05, 3.63) is 128 Å². The Bertz CT molecular complexity index is 1660. The van der Waals surface area contributed by atoms with Crippen molar-refractivity contribution in [1.82, 2.24) is 14.5 Å². The van der Waals surface area contributed by atoms with Crippen molar-refractivity contribution in [2.24, 2.45) is 0 Å². The molecule has 47 heavy (non-hydrogen) atoms. The van der Waals surface area contributed by atoms with Gasteiger partial charge in [0.25, 0.3) is 5.56 Å². The Morgan fingerprint density at radius 2 is 1.47 bits per heavy atom. The van der Waals surface area contributed by atoms with Crippen LogP contribution in [0.25, 0.3) is 0 Å². The number of ether oxygens (including phenoxy) is 5. The van der Waals surface area contributed by atoms with Crippen LogP contribution >= 0.6 is 0 Å². The lowest BCUT2D eigenvalue weighted by Crippen LogP contribution is -2.41. The number of benzene rings is 3. The first-order chi connectivity index (χ1) is 22.7. The fraction of sp³-hybridized carbons (Fsp3) is 0.389. The maximum absolute atomic E-state index is 13.0. The average molecular weight is 646 g/mol. The summed E-state index contributed by atoms with van der Waals surface area (Å²) in [6.07, 6.45) is -1.82. The summed E-state index contributed by atoms with van der Waals surface area (Å²) in [6, 6.07) is 25.1. The number of aromatic nitrogens is 2. The molecule has 0 saturated carbocycles. The number of aryl methyl sites for hydroxylation is 1. The van der Waals surface area contributed by atoms with Gasteiger partial charge < -0.3 is 33.7 Å². The molecule has 0 aliphatic carbocycles. The number of nitrogens with one attached hydrogen (secondary N) is 1. The third-order valence-electron chi connectivity index (χ3n) is 8.43. The minimum Gasteiger partial charge on any atom is -0.497 e. The van der Waals surface area contributed by atoms with Gasteiger partial charge >= 0.3 is 5.69 Å². The molecule has 4 atom stereocenters. The van der Waals surface area contributed by atoms with E-state index in [0.717, 1.165) is 23.2 Å². The molecule has 1 fully saturated rings. The molecular weight excluding hydrogens is 602 g/mol. The van der Waals surface area contributed by atoms with Crippen LogP contribution in [0.4, 0.5) is 0 Å². The number of methoxy groups -OCH3 is 2. The molecule has 0 bridgehead atoms. The maximum Gasteiger partial charge on any atom is 0.330 e. The zero-order chi connectivity index (χ0) is 33.6. The molecule has 1 saturated heterocycles. The Labute approximate surface area is 274 Å². The molecule has 4 aromatic rings. The van der Waals surface area contributed by atoms with Crippen LogP contribution in [0.3, 0.4) is 0 Å². The summed E-state index contributed by atoms with van der Waals surface area (Å²) in [5.74, 6) is 1.39. The smallest absolute Gasteiger partial charge is 0.330 e. The monoisotopic (exact) mass is 645 g/mol. The Kier molecular flexibility index (Phi) is 10.9. The molecular formula is C36H43N3O8. The molecule has 0 spiro atoms. The summed E-state index contributed by atoms with van der Waals surface area (Å²) in [4.78, 5) is 29.5. The van der Waals surface area contributed by atoms with Gasteiger partial charge in [-0.2, -0.15) is 0 Å². The highest BCUT2D eigenvalue weighted by Gasteiger charge is 2.48. The summed E-state index contributed by atoms with van der Waals surface area (Å²) in [5, 5.41) is 11.7. The molecule has 250 valence electrons. The Morgan fingerprint density at radius 3 is 2.02 bits per heavy atom. The summed E-state index contributed by atoms with van der Waals surface area (Å²) in [5.41, 5.74) is 0.537. The van der Waals surface area contributed by atoms with Gasteiger partial charge in [0.1, 0.15) is 35.4 Å². The van der Waals surface area contributed by atoms with Crippen LogP contribution in [0.1, 0.15) is 34.9 Å². The first-order valence-electron chi connectivity index (χ1n) is 15.6. The Hall–Kier alpha value is -4.26. The van der Waals surface area contributed by atoms with Crippen molar-refractivity contribution >= 4 is 0 Å². The number of aliphatic hydroxyl groups excluding tert-OH is 1. The van der Waals surface area contributed by atoms with Crippen LogP contribution in [0, 0.1) is 6.92 Å². The lowest BCUT2D eigenvalue weighted by molar-refractivity contribution is -0.0983. The van der Waals surface area contributed by atoms with Crippen LogP contribution in [-0.4, -0.2) is 85.9 Å². The van der Waals surface area contributed by atoms with Crippen molar-refractivity contribution in [3.63, 3.8) is 0 Å². The van der Waals surface area contributed by atoms with Crippen molar-refractivity contribution in [2.75, 3.05) is 48.1 Å². The van der Waals surface area contributed by atoms with Gasteiger partial charge in [0.05, 0.1) is 20.8 Å². The van der Waals surface area contributed by atoms with Gasteiger partial charge in [-0.25, -0.2) is 4.79 Å². The molecule has 2 N–H and O–H groups in total. The van der Waals surface area contributed by atoms with E-state index in [-0.39, 0.29) is 6.61 Å². The van der Waals surface area contributed by atoms with E-state index in [1.807, 2.05) is 97.9 Å². The average Bonchev–Trinajstić information content (AvgIpc) is 3.40. The summed E-state index contributed by atoms with van der Waals surface area (Å²) in [6.45, 7) is 2.64. The Balaban J connectivity index is 1.54. The quantitative estimate of drug-likeness (QED) is 0.157. The zero-order valence-electron chi connectivity index (χ0n) is 27.4. The van der Waals surface area contributed by atoms with Crippen LogP contribution in [0.15, 0.2) is 94.6 Å². The van der Waals surface area contributed by atoms with Gasteiger partial charge in [-0.15, -0.1) is 0 Å². The zero-order valence-corrected chi connectivity index (χ0v) is 27.4. The molecule has 0 amide bonds. The van der Waals surface area contributed by atoms with Crippen LogP contribution in [0.5, 0.6) is 11.5 Å². The highest BCUT2D eigenvalue weighted by molar-refractivity contribution is 5.49. The van der Waals surface area contributed by atoms with E-state index in [9.17, 15) is 14.7 Å². The molecule has 0 unspecified atom stereocenters. The molecule has 3 aromatic carbocycles. The first kappa shape index (κ1) is 34.1. The van der Waals surface area contributed by atoms with E-state index < -0.39 is 41.4 Å². The highest BCUT2D eigenvalue weighted by Crippen LogP contribution is 2.43. The number of hydrogen-bond acceptors (Lipinski definition) is 9. The van der Waals surface area contributed by atoms with E-state index in [2.05, 4.69) is 4.98 Å². The van der Waals surface area contributed by atoms with Crippen LogP contribution in [0.2, 0.25) is 0 Å². The number of aromatic amines is 1. The standard InChI is InChI=1S/C36H43N3O8/c1-24-22-39(35(42)37-33(24)41)34-32(45-21-9-20-38(2)3)31(40)30(47-34)23-46-36(25-10-7-6-8-11-25,26-12-16-28(43-4)17-13-26)27-14-18-29(44-5)19-15-27/h6-8,10-19,22,30-32,34,40H,9,20-21,23H2,1-5H3,(H,37,41,42)/t30-,31-,32-,34-/m1/s1. The summed E-state index contributed by atoms with van der Waals surface area (Å²) in [7, 11) is 7.17. The second-order valence-electron chi connectivity index (χ2n) is 11.8. The SMILES string of the molecule is COc1ccc(C(OC[C@H]2O[C@@H](n3cc(C)c(=O)[nH]c3=O)[C@H](OCCCN(C)C)[C@@H]2O)(c2ccccc2)c2ccc(OC)cc2)cc1. The predicted molar refractivity (Wildman–Crippen MR) is 177 cm³/mol. The van der Waals surface area contributed by atoms with Gasteiger partial charge in [0.2, 0.25) is 0 Å². The minimum absolute atomic E-state index is 0.0702. The third-order valence-corrected chi connectivity index (χ3v) is 8.43. The number of nitrogens with zero attached hydrogens (tertiary/aromatic N) is 2. The molecule has 1 aliphatic heterocycles. The minimum atomic E-state index is -1.15. The number of hydrogen-bond donors (Lipinski definition) is 2. The van der Waals surface area contributed by atoms with Gasteiger partial charge in [-0.05, 0) is 74.9 Å². The van der Waals surface area contributed by atoms with E-state index in [1.54, 1.807) is 21.1 Å². The van der Waals surface area contributed by atoms with E-state index in [4.69, 9.17) is 23.7 Å². The van der Waals surface area contributed by atoms with Crippen molar-refractivity contribution < 1.29 is 28.8 Å². The molecule has 2 heterocycles. The number of aliphatic hydroxyl groups is 1. The van der Waals surface area contributed by atoms with E-state index in [1.165, 1.54) is 10.8 Å². The normalized spacial score (nSPS) is 19.6. The van der Waals surface area contributed by atoms with Crippen molar-refractivity contribution in [3.8, 4) is 11.5 Å². The fourth-order valence-corrected chi connectivity index (χ4v) is 5.92. The molecule has 5 rings (SSSR count). The van der Waals surface area contributed by atoms with E-state index >= 15 is 0 Å².